The number of carbonyl (C=O) groups excluding carboxylic acids is 3. The number of carbonyl (C=O) groups is 3. The van der Waals surface area contributed by atoms with E-state index in [-0.39, 0.29) is 35.1 Å². The molecule has 7 unspecified atom stereocenters. The van der Waals surface area contributed by atoms with E-state index >= 15 is 0 Å². The molecule has 7 atom stereocenters. The first-order chi connectivity index (χ1) is 13.2. The van der Waals surface area contributed by atoms with Crippen LogP contribution in [0.1, 0.15) is 65.7 Å². The Balaban J connectivity index is 1.42. The molecule has 152 valence electrons. The third kappa shape index (κ3) is 2.20. The van der Waals surface area contributed by atoms with Crippen LogP contribution in [0.2, 0.25) is 0 Å². The highest BCUT2D eigenvalue weighted by Crippen LogP contribution is 2.73. The molecule has 1 saturated heterocycles. The van der Waals surface area contributed by atoms with E-state index in [0.29, 0.717) is 24.2 Å². The third-order valence-electron chi connectivity index (χ3n) is 9.21. The lowest BCUT2D eigenvalue weighted by Gasteiger charge is -2.58. The molecule has 5 heteroatoms. The van der Waals surface area contributed by atoms with Gasteiger partial charge in [0, 0.05) is 18.8 Å². The van der Waals surface area contributed by atoms with Crippen molar-refractivity contribution in [3.63, 3.8) is 0 Å². The monoisotopic (exact) mass is 386 g/mol. The lowest BCUT2D eigenvalue weighted by Crippen LogP contribution is -2.55. The molecule has 5 aliphatic rings. The van der Waals surface area contributed by atoms with Crippen molar-refractivity contribution in [1.29, 1.82) is 0 Å². The van der Waals surface area contributed by atoms with Crippen LogP contribution in [-0.4, -0.2) is 35.8 Å². The Morgan fingerprint density at radius 3 is 2.71 bits per heavy atom. The molecule has 0 N–H and O–H groups in total. The summed E-state index contributed by atoms with van der Waals surface area (Å²) in [5.74, 6) is 1.47. The van der Waals surface area contributed by atoms with E-state index in [2.05, 4.69) is 13.8 Å². The van der Waals surface area contributed by atoms with Crippen LogP contribution in [0.4, 0.5) is 0 Å². The zero-order valence-electron chi connectivity index (χ0n) is 17.1. The van der Waals surface area contributed by atoms with E-state index in [4.69, 9.17) is 9.47 Å². The number of epoxide rings is 1. The van der Waals surface area contributed by atoms with E-state index in [1.165, 1.54) is 12.5 Å². The fourth-order valence-corrected chi connectivity index (χ4v) is 7.75. The van der Waals surface area contributed by atoms with Crippen molar-refractivity contribution in [3.05, 3.63) is 11.6 Å². The smallest absolute Gasteiger partial charge is 0.303 e. The molecule has 0 amide bonds. The minimum Gasteiger partial charge on any atom is -0.458 e. The van der Waals surface area contributed by atoms with Crippen molar-refractivity contribution < 1.29 is 23.9 Å². The Hall–Kier alpha value is -1.49. The third-order valence-corrected chi connectivity index (χ3v) is 9.21. The molecule has 5 rings (SSSR count). The van der Waals surface area contributed by atoms with Gasteiger partial charge in [0.15, 0.2) is 18.0 Å². The number of ether oxygens (including phenoxy) is 2. The Labute approximate surface area is 166 Å². The van der Waals surface area contributed by atoms with E-state index in [1.54, 1.807) is 0 Å². The molecule has 4 aliphatic carbocycles. The predicted molar refractivity (Wildman–Crippen MR) is 101 cm³/mol. The standard InChI is InChI=1S/C23H30O5/c1-13(24)27-12-19(26)23-20(28-23)11-18-16-5-4-14-10-15(25)6-8-21(14,2)17(16)7-9-22(18,23)3/h10,16-18,20H,4-9,11-12H2,1-3H3. The van der Waals surface area contributed by atoms with Crippen LogP contribution in [-0.2, 0) is 23.9 Å². The second-order valence-electron chi connectivity index (χ2n) is 10.2. The molecule has 3 saturated carbocycles. The first-order valence-corrected chi connectivity index (χ1v) is 10.8. The molecule has 0 bridgehead atoms. The number of esters is 1. The van der Waals surface area contributed by atoms with Gasteiger partial charge in [-0.1, -0.05) is 19.4 Å². The molecule has 1 heterocycles. The lowest BCUT2D eigenvalue weighted by atomic mass is 9.46. The first kappa shape index (κ1) is 18.5. The zero-order valence-corrected chi connectivity index (χ0v) is 17.1. The van der Waals surface area contributed by atoms with Crippen LogP contribution >= 0.6 is 0 Å². The van der Waals surface area contributed by atoms with Crippen LogP contribution < -0.4 is 0 Å². The first-order valence-electron chi connectivity index (χ1n) is 10.8. The SMILES string of the molecule is CC(=O)OCC(=O)C12OC1CC1C3CCC4=CC(=O)CCC4(C)C3CCC12C. The number of hydrogen-bond donors (Lipinski definition) is 0. The Morgan fingerprint density at radius 1 is 1.18 bits per heavy atom. The van der Waals surface area contributed by atoms with Gasteiger partial charge in [-0.3, -0.25) is 14.4 Å². The molecule has 0 aromatic carbocycles. The van der Waals surface area contributed by atoms with Crippen molar-refractivity contribution >= 4 is 17.5 Å². The summed E-state index contributed by atoms with van der Waals surface area (Å²) in [4.78, 5) is 36.2. The minimum absolute atomic E-state index is 0.0120. The Kier molecular flexibility index (Phi) is 3.82. The number of hydrogen-bond acceptors (Lipinski definition) is 5. The maximum Gasteiger partial charge on any atom is 0.303 e. The highest BCUT2D eigenvalue weighted by Gasteiger charge is 2.80. The van der Waals surface area contributed by atoms with Gasteiger partial charge in [0.2, 0.25) is 5.78 Å². The highest BCUT2D eigenvalue weighted by molar-refractivity contribution is 5.94. The quantitative estimate of drug-likeness (QED) is 0.549. The number of rotatable bonds is 3. The molecular weight excluding hydrogens is 356 g/mol. The summed E-state index contributed by atoms with van der Waals surface area (Å²) in [6.45, 7) is 5.78. The average molecular weight is 386 g/mol. The van der Waals surface area contributed by atoms with E-state index < -0.39 is 11.6 Å². The van der Waals surface area contributed by atoms with Gasteiger partial charge in [-0.15, -0.1) is 0 Å². The summed E-state index contributed by atoms with van der Waals surface area (Å²) in [6, 6.07) is 0. The fourth-order valence-electron chi connectivity index (χ4n) is 7.75. The topological polar surface area (TPSA) is 73.0 Å². The van der Waals surface area contributed by atoms with E-state index in [9.17, 15) is 14.4 Å². The number of allylic oxidation sites excluding steroid dienone is 1. The second-order valence-corrected chi connectivity index (χ2v) is 10.2. The van der Waals surface area contributed by atoms with Crippen molar-refractivity contribution in [1.82, 2.24) is 0 Å². The number of ketones is 2. The Morgan fingerprint density at radius 2 is 1.96 bits per heavy atom. The summed E-state index contributed by atoms with van der Waals surface area (Å²) in [6.07, 6.45) is 8.68. The molecule has 0 aromatic heterocycles. The van der Waals surface area contributed by atoms with Crippen molar-refractivity contribution in [3.8, 4) is 0 Å². The van der Waals surface area contributed by atoms with Gasteiger partial charge < -0.3 is 9.47 Å². The molecule has 5 nitrogen and oxygen atoms in total. The summed E-state index contributed by atoms with van der Waals surface area (Å²) in [5, 5.41) is 0. The summed E-state index contributed by atoms with van der Waals surface area (Å²) in [7, 11) is 0. The van der Waals surface area contributed by atoms with Crippen LogP contribution in [0.5, 0.6) is 0 Å². The minimum atomic E-state index is -0.738. The van der Waals surface area contributed by atoms with Gasteiger partial charge in [0.25, 0.3) is 0 Å². The van der Waals surface area contributed by atoms with E-state index in [0.717, 1.165) is 38.5 Å². The van der Waals surface area contributed by atoms with Crippen LogP contribution in [0.3, 0.4) is 0 Å². The summed E-state index contributed by atoms with van der Waals surface area (Å²) in [5.41, 5.74) is 0.602. The number of fused-ring (bicyclic) bond motifs is 7. The second kappa shape index (κ2) is 5.78. The molecule has 28 heavy (non-hydrogen) atoms. The molecule has 4 fully saturated rings. The zero-order chi connectivity index (χ0) is 19.9. The molecule has 0 radical (unpaired) electrons. The maximum absolute atomic E-state index is 13.0. The molecule has 0 aromatic rings. The molecule has 0 spiro atoms. The average Bonchev–Trinajstić information content (AvgIpc) is 3.32. The lowest BCUT2D eigenvalue weighted by molar-refractivity contribution is -0.152. The Bertz CT molecular complexity index is 799. The van der Waals surface area contributed by atoms with Gasteiger partial charge in [-0.25, -0.2) is 0 Å². The fraction of sp³-hybridized carbons (Fsp3) is 0.783. The van der Waals surface area contributed by atoms with Gasteiger partial charge in [-0.05, 0) is 67.8 Å². The van der Waals surface area contributed by atoms with Crippen LogP contribution in [0.15, 0.2) is 11.6 Å². The van der Waals surface area contributed by atoms with Gasteiger partial charge in [0.1, 0.15) is 0 Å². The maximum atomic E-state index is 13.0. The van der Waals surface area contributed by atoms with Crippen LogP contribution in [0.25, 0.3) is 0 Å². The van der Waals surface area contributed by atoms with Crippen molar-refractivity contribution in [2.75, 3.05) is 6.61 Å². The summed E-state index contributed by atoms with van der Waals surface area (Å²) < 4.78 is 11.1. The predicted octanol–water partition coefficient (Wildman–Crippen LogP) is 3.40. The highest BCUT2D eigenvalue weighted by atomic mass is 16.6. The number of Topliss-reactive ketones (excluding diaryl/α,β-unsaturated/α-hetero) is 1. The largest absolute Gasteiger partial charge is 0.458 e. The summed E-state index contributed by atoms with van der Waals surface area (Å²) >= 11 is 0. The van der Waals surface area contributed by atoms with Crippen molar-refractivity contribution in [2.45, 2.75) is 77.4 Å². The van der Waals surface area contributed by atoms with Gasteiger partial charge >= 0.3 is 5.97 Å². The molecular formula is C23H30O5. The van der Waals surface area contributed by atoms with E-state index in [1.807, 2.05) is 6.08 Å². The van der Waals surface area contributed by atoms with Crippen LogP contribution in [0, 0.1) is 28.6 Å². The van der Waals surface area contributed by atoms with Gasteiger partial charge in [0.05, 0.1) is 6.10 Å². The normalized spacial score (nSPS) is 48.5. The van der Waals surface area contributed by atoms with Crippen molar-refractivity contribution in [2.24, 2.45) is 28.6 Å². The van der Waals surface area contributed by atoms with Gasteiger partial charge in [-0.2, -0.15) is 0 Å². The molecule has 1 aliphatic heterocycles.